The fourth-order valence-corrected chi connectivity index (χ4v) is 2.05. The van der Waals surface area contributed by atoms with Crippen LogP contribution in [0.1, 0.15) is 24.5 Å². The predicted molar refractivity (Wildman–Crippen MR) is 87.6 cm³/mol. The Bertz CT molecular complexity index is 650. The molecular formula is C17H21F3N2O2. The van der Waals surface area contributed by atoms with Crippen LogP contribution < -0.4 is 4.74 Å². The minimum Gasteiger partial charge on any atom is -0.496 e. The molecule has 0 spiro atoms. The number of rotatable bonds is 6. The van der Waals surface area contributed by atoms with Crippen molar-refractivity contribution in [3.8, 4) is 18.1 Å². The largest absolute Gasteiger partial charge is 0.496 e. The van der Waals surface area contributed by atoms with Crippen molar-refractivity contribution in [2.75, 3.05) is 20.7 Å². The van der Waals surface area contributed by atoms with Crippen LogP contribution in [0.25, 0.3) is 0 Å². The molecule has 7 heteroatoms. The first kappa shape index (κ1) is 19.8. The lowest BCUT2D eigenvalue weighted by molar-refractivity contribution is -0.265. The maximum atomic E-state index is 13.4. The lowest BCUT2D eigenvalue weighted by atomic mass is 9.87. The zero-order chi connectivity index (χ0) is 18.5. The van der Waals surface area contributed by atoms with Gasteiger partial charge >= 0.3 is 6.18 Å². The lowest BCUT2D eigenvalue weighted by Gasteiger charge is -2.31. The number of methoxy groups -OCH3 is 1. The number of aliphatic hydroxyl groups is 1. The summed E-state index contributed by atoms with van der Waals surface area (Å²) in [5, 5.41) is 10.2. The van der Waals surface area contributed by atoms with Gasteiger partial charge in [0.25, 0.3) is 0 Å². The highest BCUT2D eigenvalue weighted by molar-refractivity contribution is 5.65. The van der Waals surface area contributed by atoms with E-state index in [4.69, 9.17) is 11.2 Å². The fourth-order valence-electron chi connectivity index (χ4n) is 2.05. The molecule has 0 aliphatic carbocycles. The maximum absolute atomic E-state index is 13.4. The summed E-state index contributed by atoms with van der Waals surface area (Å²) in [6.07, 6.45) is 0.745. The van der Waals surface area contributed by atoms with Gasteiger partial charge in [0.05, 0.1) is 25.6 Å². The Morgan fingerprint density at radius 1 is 1.42 bits per heavy atom. The summed E-state index contributed by atoms with van der Waals surface area (Å²) in [6, 6.07) is 2.57. The van der Waals surface area contributed by atoms with Crippen LogP contribution in [0.2, 0.25) is 0 Å². The van der Waals surface area contributed by atoms with Gasteiger partial charge in [-0.05, 0) is 25.5 Å². The third-order valence-corrected chi connectivity index (χ3v) is 3.68. The van der Waals surface area contributed by atoms with E-state index in [1.165, 1.54) is 19.2 Å². The molecular weight excluding hydrogens is 321 g/mol. The summed E-state index contributed by atoms with van der Waals surface area (Å²) < 4.78 is 45.2. The monoisotopic (exact) mass is 342 g/mol. The molecule has 1 N–H and O–H groups in total. The molecule has 0 heterocycles. The van der Waals surface area contributed by atoms with Crippen LogP contribution in [0.3, 0.4) is 0 Å². The van der Waals surface area contributed by atoms with Gasteiger partial charge in [0, 0.05) is 25.2 Å². The van der Waals surface area contributed by atoms with Crippen molar-refractivity contribution in [3.05, 3.63) is 23.3 Å². The summed E-state index contributed by atoms with van der Waals surface area (Å²) in [5.74, 6) is 1.76. The second kappa shape index (κ2) is 7.58. The number of alkyl halides is 3. The molecule has 1 unspecified atom stereocenters. The van der Waals surface area contributed by atoms with Gasteiger partial charge in [-0.2, -0.15) is 13.2 Å². The number of aryl methyl sites for hydroxylation is 1. The van der Waals surface area contributed by atoms with E-state index in [2.05, 4.69) is 4.99 Å². The van der Waals surface area contributed by atoms with Crippen molar-refractivity contribution >= 4 is 12.0 Å². The van der Waals surface area contributed by atoms with Crippen LogP contribution >= 0.6 is 0 Å². The lowest BCUT2D eigenvalue weighted by Crippen LogP contribution is -2.42. The molecule has 0 aliphatic rings. The minimum absolute atomic E-state index is 0.123. The SMILES string of the molecule is C#CCC(O)(c1cc(C)c(/N=C/N(C)CC)cc1OC)C(F)(F)F. The number of aliphatic imine (C=N–C) groups is 1. The Morgan fingerprint density at radius 3 is 2.50 bits per heavy atom. The summed E-state index contributed by atoms with van der Waals surface area (Å²) in [7, 11) is 3.05. The number of hydrogen-bond donors (Lipinski definition) is 1. The third-order valence-electron chi connectivity index (χ3n) is 3.68. The van der Waals surface area contributed by atoms with Crippen molar-refractivity contribution in [1.82, 2.24) is 4.90 Å². The van der Waals surface area contributed by atoms with Crippen LogP contribution in [-0.4, -0.2) is 43.2 Å². The zero-order valence-corrected chi connectivity index (χ0v) is 14.1. The topological polar surface area (TPSA) is 45.1 Å². The number of terminal acetylenes is 1. The molecule has 0 aromatic heterocycles. The van der Waals surface area contributed by atoms with Crippen molar-refractivity contribution in [2.45, 2.75) is 32.0 Å². The normalized spacial score (nSPS) is 14.3. The van der Waals surface area contributed by atoms with Crippen LogP contribution in [0, 0.1) is 19.3 Å². The molecule has 0 saturated carbocycles. The Hall–Kier alpha value is -2.20. The first-order valence-electron chi connectivity index (χ1n) is 7.26. The molecule has 0 fully saturated rings. The number of ether oxygens (including phenoxy) is 1. The van der Waals surface area contributed by atoms with Gasteiger partial charge in [-0.1, -0.05) is 0 Å². The summed E-state index contributed by atoms with van der Waals surface area (Å²) in [4.78, 5) is 6.04. The van der Waals surface area contributed by atoms with Crippen LogP contribution in [0.15, 0.2) is 17.1 Å². The van der Waals surface area contributed by atoms with Gasteiger partial charge in [-0.25, -0.2) is 4.99 Å². The highest BCUT2D eigenvalue weighted by Gasteiger charge is 2.56. The Kier molecular flexibility index (Phi) is 6.27. The van der Waals surface area contributed by atoms with E-state index in [0.29, 0.717) is 11.3 Å². The van der Waals surface area contributed by atoms with Gasteiger partial charge in [0.1, 0.15) is 5.75 Å². The zero-order valence-electron chi connectivity index (χ0n) is 14.1. The highest BCUT2D eigenvalue weighted by Crippen LogP contribution is 2.46. The van der Waals surface area contributed by atoms with E-state index in [1.807, 2.05) is 24.8 Å². The molecule has 24 heavy (non-hydrogen) atoms. The van der Waals surface area contributed by atoms with Gasteiger partial charge in [0.2, 0.25) is 0 Å². The maximum Gasteiger partial charge on any atom is 0.422 e. The van der Waals surface area contributed by atoms with E-state index >= 15 is 0 Å². The van der Waals surface area contributed by atoms with E-state index in [1.54, 1.807) is 13.3 Å². The second-order valence-electron chi connectivity index (χ2n) is 5.40. The van der Waals surface area contributed by atoms with Gasteiger partial charge in [-0.15, -0.1) is 12.3 Å². The quantitative estimate of drug-likeness (QED) is 0.490. The van der Waals surface area contributed by atoms with E-state index in [9.17, 15) is 18.3 Å². The average molecular weight is 342 g/mol. The number of nitrogens with zero attached hydrogens (tertiary/aromatic N) is 2. The van der Waals surface area contributed by atoms with Crippen LogP contribution in [-0.2, 0) is 5.60 Å². The minimum atomic E-state index is -4.94. The highest BCUT2D eigenvalue weighted by atomic mass is 19.4. The molecule has 0 radical (unpaired) electrons. The average Bonchev–Trinajstić information content (AvgIpc) is 2.52. The molecule has 1 atom stereocenters. The van der Waals surface area contributed by atoms with Gasteiger partial charge in [0.15, 0.2) is 5.60 Å². The van der Waals surface area contributed by atoms with Gasteiger partial charge in [-0.3, -0.25) is 0 Å². The van der Waals surface area contributed by atoms with Crippen LogP contribution in [0.4, 0.5) is 18.9 Å². The molecule has 0 bridgehead atoms. The van der Waals surface area contributed by atoms with Crippen molar-refractivity contribution in [1.29, 1.82) is 0 Å². The fraction of sp³-hybridized carbons (Fsp3) is 0.471. The number of hydrogen-bond acceptors (Lipinski definition) is 3. The number of benzene rings is 1. The standard InChI is InChI=1S/C17H21F3N2O2/c1-6-8-16(23,17(18,19)20)13-9-12(3)14(10-15(13)24-5)21-11-22(4)7-2/h1,9-11,23H,7-8H2,2-5H3/b21-11+. The Labute approximate surface area is 140 Å². The summed E-state index contributed by atoms with van der Waals surface area (Å²) in [6.45, 7) is 4.27. The molecule has 0 amide bonds. The smallest absolute Gasteiger partial charge is 0.422 e. The van der Waals surface area contributed by atoms with Crippen molar-refractivity contribution in [3.63, 3.8) is 0 Å². The van der Waals surface area contributed by atoms with E-state index in [-0.39, 0.29) is 5.75 Å². The first-order chi connectivity index (χ1) is 11.1. The van der Waals surface area contributed by atoms with Crippen molar-refractivity contribution in [2.24, 2.45) is 4.99 Å². The summed E-state index contributed by atoms with van der Waals surface area (Å²) in [5.41, 5.74) is -2.69. The second-order valence-corrected chi connectivity index (χ2v) is 5.40. The third kappa shape index (κ3) is 4.01. The molecule has 0 saturated heterocycles. The van der Waals surface area contributed by atoms with Crippen LogP contribution in [0.5, 0.6) is 5.75 Å². The van der Waals surface area contributed by atoms with Gasteiger partial charge < -0.3 is 14.7 Å². The molecule has 1 aromatic rings. The number of halogens is 3. The first-order valence-corrected chi connectivity index (χ1v) is 7.26. The molecule has 132 valence electrons. The van der Waals surface area contributed by atoms with E-state index in [0.717, 1.165) is 6.54 Å². The Balaban J connectivity index is 3.48. The molecule has 1 rings (SSSR count). The Morgan fingerprint density at radius 2 is 2.04 bits per heavy atom. The van der Waals surface area contributed by atoms with Crippen molar-refractivity contribution < 1.29 is 23.0 Å². The van der Waals surface area contributed by atoms with E-state index < -0.39 is 23.8 Å². The molecule has 4 nitrogen and oxygen atoms in total. The molecule has 0 aliphatic heterocycles. The molecule has 1 aromatic carbocycles. The summed E-state index contributed by atoms with van der Waals surface area (Å²) >= 11 is 0. The predicted octanol–water partition coefficient (Wildman–Crippen LogP) is 3.39.